The van der Waals surface area contributed by atoms with Gasteiger partial charge < -0.3 is 0 Å². The van der Waals surface area contributed by atoms with Crippen LogP contribution in [-0.2, 0) is 0 Å². The van der Waals surface area contributed by atoms with Gasteiger partial charge in [0.2, 0.25) is 0 Å². The molecule has 0 unspecified atom stereocenters. The molecule has 0 amide bonds. The van der Waals surface area contributed by atoms with Crippen LogP contribution in [0.3, 0.4) is 0 Å². The van der Waals surface area contributed by atoms with Crippen molar-refractivity contribution in [3.63, 3.8) is 0 Å². The van der Waals surface area contributed by atoms with Crippen LogP contribution in [0.4, 0.5) is 0 Å². The summed E-state index contributed by atoms with van der Waals surface area (Å²) in [5.41, 5.74) is 0. The molecule has 7 heavy (non-hydrogen) atoms. The molecule has 0 heterocycles. The van der Waals surface area contributed by atoms with Gasteiger partial charge in [0.25, 0.3) is 0 Å². The van der Waals surface area contributed by atoms with E-state index in [0.717, 1.165) is 0 Å². The van der Waals surface area contributed by atoms with Gasteiger partial charge in [-0.25, -0.2) is 10.4 Å². The molecule has 0 bridgehead atoms. The van der Waals surface area contributed by atoms with Gasteiger partial charge in [-0.1, -0.05) is 0 Å². The molecule has 0 aliphatic heterocycles. The van der Waals surface area contributed by atoms with E-state index in [1.165, 1.54) is 0 Å². The molecule has 0 aromatic rings. The monoisotopic (exact) mass is 152 g/mol. The molecule has 2 N–H and O–H groups in total. The van der Waals surface area contributed by atoms with E-state index in [2.05, 4.69) is 0 Å². The van der Waals surface area contributed by atoms with Crippen LogP contribution in [0.1, 0.15) is 0 Å². The molecule has 0 aliphatic carbocycles. The van der Waals surface area contributed by atoms with Crippen molar-refractivity contribution in [2.45, 2.75) is 0 Å². The summed E-state index contributed by atoms with van der Waals surface area (Å²) >= 11 is 0. The Labute approximate surface area is 128 Å². The number of hydrogen-bond acceptors (Lipinski definition) is 1. The zero-order valence-corrected chi connectivity index (χ0v) is 1.75. The van der Waals surface area contributed by atoms with Crippen molar-refractivity contribution in [2.75, 3.05) is 0 Å². The average Bonchev–Trinajstić information content (AvgIpc) is 0.811. The summed E-state index contributed by atoms with van der Waals surface area (Å²) < 4.78 is 0. The van der Waals surface area contributed by atoms with Crippen LogP contribution in [0, 0.1) is 4.91 Å². The van der Waals surface area contributed by atoms with Crippen molar-refractivity contribution >= 4 is 110 Å². The first kappa shape index (κ1) is 22.5. The van der Waals surface area contributed by atoms with Crippen molar-refractivity contribution in [1.29, 1.82) is 0 Å². The minimum atomic E-state index is -1.25. The molecule has 0 atom stereocenters. The molecule has 0 spiro atoms. The van der Waals surface area contributed by atoms with Crippen molar-refractivity contribution in [3.05, 3.63) is 4.91 Å². The first-order chi connectivity index (χ1) is 1.73. The molecular weight excluding hydrogens is 147 g/mol. The molecule has 0 aromatic carbocycles. The Morgan fingerprint density at radius 1 is 1.14 bits per heavy atom. The normalized spacial score (nSPS) is 3.43. The summed E-state index contributed by atoms with van der Waals surface area (Å²) in [5.74, 6) is 0. The van der Waals surface area contributed by atoms with Gasteiger partial charge >= 0.3 is 116 Å². The molecule has 30 valence electrons. The fraction of sp³-hybridized carbons (Fsp3) is 0. The third-order valence-corrected chi connectivity index (χ3v) is 0. The molecule has 0 aliphatic rings. The molecule has 7 heteroatoms. The summed E-state index contributed by atoms with van der Waals surface area (Å²) in [6.07, 6.45) is 0. The zero-order valence-electron chi connectivity index (χ0n) is 1.75. The molecule has 0 aromatic heterocycles. The fourth-order valence-corrected chi connectivity index (χ4v) is 0. The van der Waals surface area contributed by atoms with Crippen LogP contribution >= 0.6 is 0 Å². The van der Waals surface area contributed by atoms with Crippen molar-refractivity contribution in [1.82, 2.24) is 0 Å². The quantitative estimate of drug-likeness (QED) is 0.300. The first-order valence-corrected chi connectivity index (χ1v) is 0.583. The molecule has 0 fully saturated rings. The number of hydrogen-bond donors (Lipinski definition) is 2. The summed E-state index contributed by atoms with van der Waals surface area (Å²) in [6, 6.07) is 0. The molecule has 0 saturated carbocycles. The van der Waals surface area contributed by atoms with Gasteiger partial charge in [0.15, 0.2) is 0 Å². The Morgan fingerprint density at radius 3 is 1.14 bits per heavy atom. The van der Waals surface area contributed by atoms with E-state index in [0.29, 0.717) is 0 Å². The van der Waals surface area contributed by atoms with Gasteiger partial charge in [0.05, 0.1) is 0 Å². The average molecular weight is 152 g/mol. The van der Waals surface area contributed by atoms with Gasteiger partial charge in [-0.05, 0) is 0 Å². The van der Waals surface area contributed by atoms with Crippen LogP contribution < -0.4 is 0 Å². The number of rotatable bonds is 0. The van der Waals surface area contributed by atoms with E-state index in [-0.39, 0.29) is 110 Å². The maximum atomic E-state index is 8.47. The van der Waals surface area contributed by atoms with E-state index in [9.17, 15) is 0 Å². The minimum absolute atomic E-state index is 0. The molecule has 0 radical (unpaired) electrons. The predicted molar refractivity (Wildman–Crippen MR) is 28.6 cm³/mol. The Balaban J connectivity index is -0.0000000150. The Bertz CT molecular complexity index is 35.9. The Morgan fingerprint density at radius 2 is 1.14 bits per heavy atom. The van der Waals surface area contributed by atoms with Gasteiger partial charge in [-0.2, -0.15) is 0 Å². The maximum absolute atomic E-state index is 8.47. The van der Waals surface area contributed by atoms with E-state index in [1.807, 2.05) is 0 Å². The topological polar surface area (TPSA) is 60.5 Å². The van der Waals surface area contributed by atoms with E-state index < -0.39 is 5.09 Å². The summed E-state index contributed by atoms with van der Waals surface area (Å²) in [6.45, 7) is 0. The number of nitrogens with zero attached hydrogens (tertiary/aromatic N) is 1. The molecular formula is H5KNNa2O3+. The SMILES string of the molecule is O=[N+](O)O.[KH].[NaH].[NaH]. The van der Waals surface area contributed by atoms with Gasteiger partial charge in [-0.15, -0.1) is 0 Å². The Hall–Kier alpha value is 2.84. The second-order valence-electron chi connectivity index (χ2n) is 0.253. The molecule has 4 nitrogen and oxygen atoms in total. The van der Waals surface area contributed by atoms with Crippen LogP contribution in [0.25, 0.3) is 0 Å². The fourth-order valence-electron chi connectivity index (χ4n) is 0. The van der Waals surface area contributed by atoms with Crippen LogP contribution in [0.2, 0.25) is 0 Å². The van der Waals surface area contributed by atoms with E-state index >= 15 is 0 Å². The van der Waals surface area contributed by atoms with Crippen LogP contribution in [0.15, 0.2) is 0 Å². The molecule has 0 saturated heterocycles. The van der Waals surface area contributed by atoms with E-state index in [1.54, 1.807) is 0 Å². The third kappa shape index (κ3) is 51.3. The van der Waals surface area contributed by atoms with Gasteiger partial charge in [0, 0.05) is 0 Å². The van der Waals surface area contributed by atoms with E-state index in [4.69, 9.17) is 15.3 Å². The summed E-state index contributed by atoms with van der Waals surface area (Å²) in [5, 5.41) is 12.5. The Kier molecular flexibility index (Phi) is 51.3. The standard InChI is InChI=1S/K.H2NO3.2Na.3H/c;2-1(3)4;;;;;/h;(H2,2,3,4);;;;;/q;+1;;;;;. The third-order valence-electron chi connectivity index (χ3n) is 0. The van der Waals surface area contributed by atoms with Gasteiger partial charge in [0.1, 0.15) is 4.91 Å². The summed E-state index contributed by atoms with van der Waals surface area (Å²) in [4.78, 5) is 8.47. The molecule has 0 rings (SSSR count). The predicted octanol–water partition coefficient (Wildman–Crippen LogP) is -2.40. The van der Waals surface area contributed by atoms with Crippen molar-refractivity contribution in [2.24, 2.45) is 0 Å². The first-order valence-electron chi connectivity index (χ1n) is 0.583. The zero-order chi connectivity index (χ0) is 3.58. The van der Waals surface area contributed by atoms with Crippen LogP contribution in [-0.4, -0.2) is 126 Å². The van der Waals surface area contributed by atoms with Gasteiger partial charge in [-0.3, -0.25) is 0 Å². The van der Waals surface area contributed by atoms with Crippen LogP contribution in [0.5, 0.6) is 0 Å². The second-order valence-corrected chi connectivity index (χ2v) is 0.253. The summed E-state index contributed by atoms with van der Waals surface area (Å²) in [7, 11) is 0. The van der Waals surface area contributed by atoms with Crippen molar-refractivity contribution in [3.8, 4) is 0 Å². The second kappa shape index (κ2) is 15.9. The van der Waals surface area contributed by atoms with Crippen molar-refractivity contribution < 1.29 is 15.5 Å².